The summed E-state index contributed by atoms with van der Waals surface area (Å²) in [6.07, 6.45) is 0. The molecular weight excluding hydrogens is 308 g/mol. The Morgan fingerprint density at radius 3 is 2.44 bits per heavy atom. The van der Waals surface area contributed by atoms with Gasteiger partial charge in [0.2, 0.25) is 5.28 Å². The van der Waals surface area contributed by atoms with Crippen LogP contribution in [0.5, 0.6) is 0 Å². The Kier molecular flexibility index (Phi) is 3.79. The first kappa shape index (κ1) is 13.2. The molecule has 1 aromatic carbocycles. The van der Waals surface area contributed by atoms with Crippen molar-refractivity contribution in [3.05, 3.63) is 39.2 Å². The van der Waals surface area contributed by atoms with Gasteiger partial charge in [0.05, 0.1) is 10.7 Å². The first-order chi connectivity index (χ1) is 8.47. The van der Waals surface area contributed by atoms with Gasteiger partial charge in [-0.2, -0.15) is 4.98 Å². The Labute approximate surface area is 115 Å². The molecule has 0 bridgehead atoms. The molecule has 2 rings (SSSR count). The highest BCUT2D eigenvalue weighted by molar-refractivity contribution is 6.34. The molecule has 1 aromatic heterocycles. The third-order valence-electron chi connectivity index (χ3n) is 1.87. The van der Waals surface area contributed by atoms with E-state index in [-0.39, 0.29) is 27.0 Å². The molecule has 0 saturated heterocycles. The molecule has 0 aliphatic rings. The molecule has 1 N–H and O–H groups in total. The molecule has 0 fully saturated rings. The van der Waals surface area contributed by atoms with Crippen LogP contribution in [0.25, 0.3) is 0 Å². The monoisotopic (exact) mass is 310 g/mol. The maximum absolute atomic E-state index is 13.5. The van der Waals surface area contributed by atoms with Gasteiger partial charge in [-0.15, -0.1) is 10.2 Å². The van der Waals surface area contributed by atoms with E-state index in [0.717, 1.165) is 6.07 Å². The fourth-order valence-electron chi connectivity index (χ4n) is 1.15. The van der Waals surface area contributed by atoms with Crippen molar-refractivity contribution in [2.75, 3.05) is 5.32 Å². The van der Waals surface area contributed by atoms with Gasteiger partial charge in [-0.25, -0.2) is 8.78 Å². The van der Waals surface area contributed by atoms with Gasteiger partial charge >= 0.3 is 0 Å². The number of nitrogens with zero attached hydrogens (tertiary/aromatic N) is 3. The molecule has 0 aliphatic heterocycles. The van der Waals surface area contributed by atoms with E-state index in [1.165, 1.54) is 0 Å². The summed E-state index contributed by atoms with van der Waals surface area (Å²) in [6.45, 7) is 0. The number of aromatic nitrogens is 3. The molecular formula is C9H3Cl3F2N4. The number of rotatable bonds is 2. The fourth-order valence-corrected chi connectivity index (χ4v) is 1.64. The summed E-state index contributed by atoms with van der Waals surface area (Å²) in [7, 11) is 0. The second-order valence-electron chi connectivity index (χ2n) is 3.09. The SMILES string of the molecule is Fc1cc(F)c(Nc2nc(Cl)nnc2Cl)c(Cl)c1. The number of halogens is 5. The van der Waals surface area contributed by atoms with Crippen molar-refractivity contribution in [1.29, 1.82) is 0 Å². The largest absolute Gasteiger partial charge is 0.334 e. The molecule has 0 saturated carbocycles. The maximum atomic E-state index is 13.5. The number of hydrogen-bond donors (Lipinski definition) is 1. The van der Waals surface area contributed by atoms with Crippen molar-refractivity contribution in [1.82, 2.24) is 15.2 Å². The molecule has 18 heavy (non-hydrogen) atoms. The third kappa shape index (κ3) is 2.77. The standard InChI is InChI=1S/C9H3Cl3F2N4/c10-4-1-3(13)2-5(14)6(4)15-8-7(11)17-18-9(12)16-8/h1-2H,(H,15,16,18). The van der Waals surface area contributed by atoms with Gasteiger partial charge in [-0.3, -0.25) is 0 Å². The van der Waals surface area contributed by atoms with E-state index in [4.69, 9.17) is 34.8 Å². The zero-order valence-corrected chi connectivity index (χ0v) is 10.7. The van der Waals surface area contributed by atoms with Crippen LogP contribution < -0.4 is 5.32 Å². The first-order valence-electron chi connectivity index (χ1n) is 4.44. The summed E-state index contributed by atoms with van der Waals surface area (Å²) in [4.78, 5) is 3.70. The predicted molar refractivity (Wildman–Crippen MR) is 64.5 cm³/mol. The van der Waals surface area contributed by atoms with Gasteiger partial charge in [-0.05, 0) is 17.7 Å². The van der Waals surface area contributed by atoms with Gasteiger partial charge in [0.1, 0.15) is 5.82 Å². The highest BCUT2D eigenvalue weighted by Gasteiger charge is 2.13. The van der Waals surface area contributed by atoms with E-state index in [1.807, 2.05) is 0 Å². The molecule has 0 spiro atoms. The molecule has 1 heterocycles. The lowest BCUT2D eigenvalue weighted by Gasteiger charge is -2.09. The Morgan fingerprint density at radius 1 is 1.06 bits per heavy atom. The molecule has 0 unspecified atom stereocenters. The lowest BCUT2D eigenvalue weighted by Crippen LogP contribution is -2.01. The molecule has 94 valence electrons. The summed E-state index contributed by atoms with van der Waals surface area (Å²) < 4.78 is 26.4. The minimum absolute atomic E-state index is 0.0379. The molecule has 2 aromatic rings. The van der Waals surface area contributed by atoms with Gasteiger partial charge in [0, 0.05) is 6.07 Å². The first-order valence-corrected chi connectivity index (χ1v) is 5.58. The van der Waals surface area contributed by atoms with E-state index >= 15 is 0 Å². The Hall–Kier alpha value is -1.24. The van der Waals surface area contributed by atoms with Gasteiger partial charge in [0.25, 0.3) is 0 Å². The van der Waals surface area contributed by atoms with E-state index in [1.54, 1.807) is 0 Å². The minimum atomic E-state index is -0.897. The predicted octanol–water partition coefficient (Wildman–Crippen LogP) is 3.85. The van der Waals surface area contributed by atoms with E-state index in [2.05, 4.69) is 20.5 Å². The van der Waals surface area contributed by atoms with Crippen molar-refractivity contribution in [3.63, 3.8) is 0 Å². The van der Waals surface area contributed by atoms with E-state index in [0.29, 0.717) is 6.07 Å². The molecule has 0 atom stereocenters. The second kappa shape index (κ2) is 5.17. The molecule has 0 amide bonds. The fraction of sp³-hybridized carbons (Fsp3) is 0. The molecule has 4 nitrogen and oxygen atoms in total. The van der Waals surface area contributed by atoms with Crippen LogP contribution in [-0.4, -0.2) is 15.2 Å². The summed E-state index contributed by atoms with van der Waals surface area (Å²) in [5, 5.41) is 8.86. The zero-order chi connectivity index (χ0) is 13.3. The number of benzene rings is 1. The maximum Gasteiger partial charge on any atom is 0.245 e. The third-order valence-corrected chi connectivity index (χ3v) is 2.58. The van der Waals surface area contributed by atoms with Crippen molar-refractivity contribution in [2.45, 2.75) is 0 Å². The lowest BCUT2D eigenvalue weighted by molar-refractivity contribution is 0.586. The van der Waals surface area contributed by atoms with Crippen LogP contribution in [0.1, 0.15) is 0 Å². The van der Waals surface area contributed by atoms with Crippen LogP contribution in [0.4, 0.5) is 20.3 Å². The average Bonchev–Trinajstić information content (AvgIpc) is 2.28. The highest BCUT2D eigenvalue weighted by Crippen LogP contribution is 2.30. The van der Waals surface area contributed by atoms with Crippen molar-refractivity contribution >= 4 is 46.3 Å². The summed E-state index contributed by atoms with van der Waals surface area (Å²) in [6, 6.07) is 1.61. The van der Waals surface area contributed by atoms with Crippen LogP contribution >= 0.6 is 34.8 Å². The lowest BCUT2D eigenvalue weighted by atomic mass is 10.3. The zero-order valence-electron chi connectivity index (χ0n) is 8.39. The van der Waals surface area contributed by atoms with Crippen molar-refractivity contribution < 1.29 is 8.78 Å². The van der Waals surface area contributed by atoms with Crippen LogP contribution in [0.3, 0.4) is 0 Å². The van der Waals surface area contributed by atoms with Crippen LogP contribution in [0.15, 0.2) is 12.1 Å². The number of anilines is 2. The van der Waals surface area contributed by atoms with Crippen molar-refractivity contribution in [3.8, 4) is 0 Å². The Morgan fingerprint density at radius 2 is 1.78 bits per heavy atom. The second-order valence-corrected chi connectivity index (χ2v) is 4.19. The van der Waals surface area contributed by atoms with Crippen molar-refractivity contribution in [2.24, 2.45) is 0 Å². The van der Waals surface area contributed by atoms with Gasteiger partial charge in [0.15, 0.2) is 16.8 Å². The number of nitrogens with one attached hydrogen (secondary N) is 1. The summed E-state index contributed by atoms with van der Waals surface area (Å²) >= 11 is 16.9. The minimum Gasteiger partial charge on any atom is -0.334 e. The Bertz CT molecular complexity index is 585. The smallest absolute Gasteiger partial charge is 0.245 e. The van der Waals surface area contributed by atoms with E-state index in [9.17, 15) is 8.78 Å². The number of hydrogen-bond acceptors (Lipinski definition) is 4. The summed E-state index contributed by atoms with van der Waals surface area (Å²) in [5.74, 6) is -1.73. The topological polar surface area (TPSA) is 50.7 Å². The summed E-state index contributed by atoms with van der Waals surface area (Å²) in [5.41, 5.74) is -0.184. The molecule has 0 aliphatic carbocycles. The normalized spacial score (nSPS) is 10.5. The van der Waals surface area contributed by atoms with Gasteiger partial charge in [-0.1, -0.05) is 23.2 Å². The highest BCUT2D eigenvalue weighted by atomic mass is 35.5. The molecule has 9 heteroatoms. The molecule has 0 radical (unpaired) electrons. The average molecular weight is 312 g/mol. The van der Waals surface area contributed by atoms with Crippen LogP contribution in [0.2, 0.25) is 15.5 Å². The van der Waals surface area contributed by atoms with E-state index < -0.39 is 11.6 Å². The quantitative estimate of drug-likeness (QED) is 0.915. The van der Waals surface area contributed by atoms with Crippen LogP contribution in [0, 0.1) is 11.6 Å². The Balaban J connectivity index is 2.43. The van der Waals surface area contributed by atoms with Gasteiger partial charge < -0.3 is 5.32 Å². The van der Waals surface area contributed by atoms with Crippen LogP contribution in [-0.2, 0) is 0 Å².